The van der Waals surface area contributed by atoms with Crippen LogP contribution in [0.3, 0.4) is 0 Å². The molecular formula is C24H31ClN2O3. The number of carbonyl (C=O) groups excluding carboxylic acids is 2. The number of aldehydes is 2. The Morgan fingerprint density at radius 1 is 1.20 bits per heavy atom. The summed E-state index contributed by atoms with van der Waals surface area (Å²) in [4.78, 5) is 25.1. The molecule has 0 saturated heterocycles. The Hall–Kier alpha value is -2.60. The molecule has 2 N–H and O–H groups in total. The van der Waals surface area contributed by atoms with Crippen molar-refractivity contribution in [3.05, 3.63) is 71.8 Å². The van der Waals surface area contributed by atoms with Gasteiger partial charge in [0.2, 0.25) is 0 Å². The first kappa shape index (κ1) is 27.4. The number of aliphatic hydroxyl groups is 1. The number of rotatable bonds is 10. The van der Waals surface area contributed by atoms with Crippen LogP contribution in [-0.2, 0) is 11.2 Å². The van der Waals surface area contributed by atoms with Crippen molar-refractivity contribution >= 4 is 41.6 Å². The van der Waals surface area contributed by atoms with Gasteiger partial charge < -0.3 is 15.2 Å². The van der Waals surface area contributed by atoms with Crippen molar-refractivity contribution in [2.75, 3.05) is 20.7 Å². The molecule has 0 heterocycles. The molecular weight excluding hydrogens is 400 g/mol. The highest BCUT2D eigenvalue weighted by molar-refractivity contribution is 6.48. The predicted octanol–water partition coefficient (Wildman–Crippen LogP) is 4.69. The third-order valence-electron chi connectivity index (χ3n) is 4.16. The normalized spacial score (nSPS) is 10.4. The minimum atomic E-state index is 0.167. The van der Waals surface area contributed by atoms with Crippen molar-refractivity contribution in [2.24, 2.45) is 10.9 Å². The van der Waals surface area contributed by atoms with Gasteiger partial charge in [-0.05, 0) is 51.2 Å². The zero-order valence-corrected chi connectivity index (χ0v) is 18.4. The fourth-order valence-corrected chi connectivity index (χ4v) is 2.82. The Kier molecular flexibility index (Phi) is 15.8. The quantitative estimate of drug-likeness (QED) is 0.325. The second-order valence-electron chi connectivity index (χ2n) is 6.29. The summed E-state index contributed by atoms with van der Waals surface area (Å²) in [5, 5.41) is 10.5. The molecule has 0 aromatic heterocycles. The average Bonchev–Trinajstić information content (AvgIpc) is 2.80. The van der Waals surface area contributed by atoms with Crippen molar-refractivity contribution in [1.29, 1.82) is 0 Å². The van der Waals surface area contributed by atoms with Gasteiger partial charge in [-0.3, -0.25) is 9.79 Å². The lowest BCUT2D eigenvalue weighted by atomic mass is 9.96. The Morgan fingerprint density at radius 3 is 2.37 bits per heavy atom. The second kappa shape index (κ2) is 17.3. The topological polar surface area (TPSA) is 78.8 Å². The fraction of sp³-hybridized carbons (Fsp3) is 0.292. The van der Waals surface area contributed by atoms with Gasteiger partial charge in [0.15, 0.2) is 0 Å². The van der Waals surface area contributed by atoms with Gasteiger partial charge in [-0.15, -0.1) is 0 Å². The number of nitrogens with one attached hydrogen (secondary N) is 1. The lowest BCUT2D eigenvalue weighted by Gasteiger charge is -2.09. The summed E-state index contributed by atoms with van der Waals surface area (Å²) in [6.45, 7) is 7.95. The lowest BCUT2D eigenvalue weighted by Crippen LogP contribution is -2.12. The van der Waals surface area contributed by atoms with E-state index in [0.29, 0.717) is 21.8 Å². The molecule has 0 radical (unpaired) electrons. The van der Waals surface area contributed by atoms with E-state index in [9.17, 15) is 9.59 Å². The number of halogens is 1. The highest BCUT2D eigenvalue weighted by Crippen LogP contribution is 2.28. The molecule has 0 saturated carbocycles. The molecule has 1 atom stereocenters. The van der Waals surface area contributed by atoms with Gasteiger partial charge in [0.05, 0.1) is 5.69 Å². The number of aliphatic imine (C=N–C) groups is 1. The molecule has 0 aliphatic heterocycles. The van der Waals surface area contributed by atoms with Gasteiger partial charge in [0.1, 0.15) is 12.6 Å². The number of benzene rings is 2. The van der Waals surface area contributed by atoms with E-state index in [4.69, 9.17) is 16.7 Å². The van der Waals surface area contributed by atoms with Gasteiger partial charge in [-0.2, -0.15) is 0 Å². The molecule has 0 amide bonds. The second-order valence-corrected chi connectivity index (χ2v) is 6.75. The zero-order chi connectivity index (χ0) is 22.8. The smallest absolute Gasteiger partial charge is 0.150 e. The van der Waals surface area contributed by atoms with Crippen LogP contribution in [0.5, 0.6) is 0 Å². The third kappa shape index (κ3) is 10.8. The molecule has 1 unspecified atom stereocenters. The van der Waals surface area contributed by atoms with Gasteiger partial charge in [0, 0.05) is 29.2 Å². The highest BCUT2D eigenvalue weighted by Gasteiger charge is 2.07. The molecule has 0 fully saturated rings. The first-order valence-corrected chi connectivity index (χ1v) is 9.92. The highest BCUT2D eigenvalue weighted by atomic mass is 35.5. The number of hydrogen-bond acceptors (Lipinski definition) is 5. The van der Waals surface area contributed by atoms with Crippen molar-refractivity contribution in [3.63, 3.8) is 0 Å². The minimum Gasteiger partial charge on any atom is -0.400 e. The molecule has 2 rings (SSSR count). The molecule has 2 aromatic rings. The van der Waals surface area contributed by atoms with Crippen molar-refractivity contribution in [1.82, 2.24) is 5.32 Å². The van der Waals surface area contributed by atoms with Crippen molar-refractivity contribution in [2.45, 2.75) is 19.3 Å². The van der Waals surface area contributed by atoms with E-state index in [1.54, 1.807) is 18.2 Å². The largest absolute Gasteiger partial charge is 0.400 e. The number of carbonyl (C=O) groups is 2. The minimum absolute atomic E-state index is 0.167. The Labute approximate surface area is 184 Å². The molecule has 30 heavy (non-hydrogen) atoms. The van der Waals surface area contributed by atoms with E-state index in [0.717, 1.165) is 45.5 Å². The molecule has 0 spiro atoms. The zero-order valence-electron chi connectivity index (χ0n) is 17.7. The van der Waals surface area contributed by atoms with Crippen LogP contribution in [-0.4, -0.2) is 45.1 Å². The summed E-state index contributed by atoms with van der Waals surface area (Å²) >= 11 is 5.71. The van der Waals surface area contributed by atoms with E-state index >= 15 is 0 Å². The molecule has 0 aliphatic carbocycles. The SMILES string of the molecule is C=Nc1cc(C=O)ccc1C(=C)Cl.CNCCCC(C=O)Cc1ccccc1.CO. The molecule has 0 aliphatic rings. The van der Waals surface area contributed by atoms with Crippen LogP contribution in [0.1, 0.15) is 34.3 Å². The summed E-state index contributed by atoms with van der Waals surface area (Å²) in [5.41, 5.74) is 3.06. The van der Waals surface area contributed by atoms with Gasteiger partial charge in [-0.25, -0.2) is 0 Å². The van der Waals surface area contributed by atoms with E-state index < -0.39 is 0 Å². The van der Waals surface area contributed by atoms with Crippen LogP contribution in [0.4, 0.5) is 5.69 Å². The van der Waals surface area contributed by atoms with Crippen LogP contribution < -0.4 is 5.32 Å². The Balaban J connectivity index is 0.000000522. The average molecular weight is 431 g/mol. The van der Waals surface area contributed by atoms with Gasteiger partial charge >= 0.3 is 0 Å². The van der Waals surface area contributed by atoms with Crippen LogP contribution in [0.15, 0.2) is 60.1 Å². The van der Waals surface area contributed by atoms with Gasteiger partial charge in [-0.1, -0.05) is 60.6 Å². The maximum Gasteiger partial charge on any atom is 0.150 e. The maximum atomic E-state index is 10.9. The van der Waals surface area contributed by atoms with E-state index in [-0.39, 0.29) is 5.92 Å². The predicted molar refractivity (Wildman–Crippen MR) is 127 cm³/mol. The molecule has 6 heteroatoms. The summed E-state index contributed by atoms with van der Waals surface area (Å²) in [6, 6.07) is 15.2. The van der Waals surface area contributed by atoms with Crippen LogP contribution in [0.25, 0.3) is 5.03 Å². The molecule has 2 aromatic carbocycles. The first-order chi connectivity index (χ1) is 14.5. The van der Waals surface area contributed by atoms with Gasteiger partial charge in [0.25, 0.3) is 0 Å². The van der Waals surface area contributed by atoms with Crippen molar-refractivity contribution < 1.29 is 14.7 Å². The number of nitrogens with zero attached hydrogens (tertiary/aromatic N) is 1. The van der Waals surface area contributed by atoms with E-state index in [1.165, 1.54) is 5.56 Å². The third-order valence-corrected chi connectivity index (χ3v) is 4.36. The summed E-state index contributed by atoms with van der Waals surface area (Å²) in [6.07, 6.45) is 4.73. The first-order valence-electron chi connectivity index (χ1n) is 9.55. The fourth-order valence-electron chi connectivity index (χ4n) is 2.66. The monoisotopic (exact) mass is 430 g/mol. The molecule has 5 nitrogen and oxygen atoms in total. The Bertz CT molecular complexity index is 779. The lowest BCUT2D eigenvalue weighted by molar-refractivity contribution is -0.111. The standard InChI is InChI=1S/C13H19NO.C10H8ClNO.CH4O/c1-14-9-5-8-13(11-15)10-12-6-3-2-4-7-12;1-7(11)9-4-3-8(6-13)5-10(9)12-2;1-2/h2-4,6-7,11,13-14H,5,8-10H2,1H3;3-6H,1-2H2;2H,1H3. The van der Waals surface area contributed by atoms with Crippen LogP contribution in [0.2, 0.25) is 0 Å². The van der Waals surface area contributed by atoms with Crippen molar-refractivity contribution in [3.8, 4) is 0 Å². The number of hydrogen-bond donors (Lipinski definition) is 2. The van der Waals surface area contributed by atoms with Crippen LogP contribution in [0, 0.1) is 5.92 Å². The summed E-state index contributed by atoms with van der Waals surface area (Å²) in [5.74, 6) is 0.167. The molecule has 162 valence electrons. The Morgan fingerprint density at radius 2 is 1.87 bits per heavy atom. The maximum absolute atomic E-state index is 10.9. The van der Waals surface area contributed by atoms with E-state index in [2.05, 4.69) is 35.7 Å². The number of aliphatic hydroxyl groups excluding tert-OH is 1. The molecule has 0 bridgehead atoms. The van der Waals surface area contributed by atoms with Crippen LogP contribution >= 0.6 is 11.6 Å². The van der Waals surface area contributed by atoms with E-state index in [1.807, 2.05) is 25.2 Å². The summed E-state index contributed by atoms with van der Waals surface area (Å²) in [7, 11) is 2.94. The summed E-state index contributed by atoms with van der Waals surface area (Å²) < 4.78 is 0.